The number of halogens is 1. The predicted molar refractivity (Wildman–Crippen MR) is 107 cm³/mol. The summed E-state index contributed by atoms with van der Waals surface area (Å²) in [4.78, 5) is 12.7. The Morgan fingerprint density at radius 2 is 1.50 bits per heavy atom. The van der Waals surface area contributed by atoms with Crippen molar-refractivity contribution in [3.8, 4) is 22.3 Å². The van der Waals surface area contributed by atoms with E-state index in [0.29, 0.717) is 23.2 Å². The van der Waals surface area contributed by atoms with Gasteiger partial charge in [0, 0.05) is 30.3 Å². The third-order valence-corrected chi connectivity index (χ3v) is 5.81. The van der Waals surface area contributed by atoms with E-state index in [2.05, 4.69) is 0 Å². The van der Waals surface area contributed by atoms with Gasteiger partial charge < -0.3 is 4.57 Å². The second kappa shape index (κ2) is 7.33. The largest absolute Gasteiger partial charge is 0.344 e. The van der Waals surface area contributed by atoms with Crippen molar-refractivity contribution in [3.05, 3.63) is 65.7 Å². The first-order valence-corrected chi connectivity index (χ1v) is 10.3. The van der Waals surface area contributed by atoms with E-state index in [1.807, 2.05) is 18.5 Å². The summed E-state index contributed by atoms with van der Waals surface area (Å²) in [6.07, 6.45) is 0.322. The van der Waals surface area contributed by atoms with E-state index >= 15 is 0 Å². The number of primary sulfonamides is 1. The molecule has 5 nitrogen and oxygen atoms in total. The zero-order valence-corrected chi connectivity index (χ0v) is 16.7. The summed E-state index contributed by atoms with van der Waals surface area (Å²) in [7, 11) is -2.00. The normalized spacial score (nSPS) is 11.6. The van der Waals surface area contributed by atoms with Crippen molar-refractivity contribution < 1.29 is 17.6 Å². The third kappa shape index (κ3) is 3.50. The van der Waals surface area contributed by atoms with Gasteiger partial charge in [-0.25, -0.2) is 17.9 Å². The average molecular weight is 400 g/mol. The van der Waals surface area contributed by atoms with Crippen LogP contribution in [-0.2, 0) is 17.1 Å². The molecule has 0 bridgehead atoms. The summed E-state index contributed by atoms with van der Waals surface area (Å²) in [6.45, 7) is 3.68. The Kier molecular flexibility index (Phi) is 5.23. The average Bonchev–Trinajstić information content (AvgIpc) is 2.92. The van der Waals surface area contributed by atoms with Crippen LogP contribution in [0.4, 0.5) is 4.39 Å². The number of Topliss-reactive ketones (excluding diaryl/α,β-unsaturated/α-hetero) is 1. The Hall–Kier alpha value is -2.77. The molecule has 0 fully saturated rings. The minimum Gasteiger partial charge on any atom is -0.344 e. The lowest BCUT2D eigenvalue weighted by Gasteiger charge is -2.09. The van der Waals surface area contributed by atoms with Crippen LogP contribution in [0.3, 0.4) is 0 Å². The number of carbonyl (C=O) groups is 1. The molecule has 0 saturated heterocycles. The fourth-order valence-electron chi connectivity index (χ4n) is 3.36. The molecule has 1 aromatic heterocycles. The summed E-state index contributed by atoms with van der Waals surface area (Å²) in [6, 6.07) is 12.2. The van der Waals surface area contributed by atoms with Crippen LogP contribution in [0.15, 0.2) is 53.4 Å². The monoisotopic (exact) mass is 400 g/mol. The van der Waals surface area contributed by atoms with Crippen LogP contribution < -0.4 is 5.14 Å². The minimum absolute atomic E-state index is 0.00407. The molecular weight excluding hydrogens is 379 g/mol. The summed E-state index contributed by atoms with van der Waals surface area (Å²) in [5.41, 5.74) is 4.35. The second-order valence-corrected chi connectivity index (χ2v) is 8.16. The summed E-state index contributed by atoms with van der Waals surface area (Å²) in [5.74, 6) is -0.384. The molecular formula is C21H21FN2O3S. The highest BCUT2D eigenvalue weighted by atomic mass is 32.2. The molecule has 146 valence electrons. The van der Waals surface area contributed by atoms with Crippen molar-refractivity contribution in [3.63, 3.8) is 0 Å². The maximum absolute atomic E-state index is 13.4. The number of sulfonamides is 1. The lowest BCUT2D eigenvalue weighted by atomic mass is 9.93. The molecule has 2 N–H and O–H groups in total. The highest BCUT2D eigenvalue weighted by Crippen LogP contribution is 2.40. The summed E-state index contributed by atoms with van der Waals surface area (Å²) >= 11 is 0. The first kappa shape index (κ1) is 20.0. The molecule has 3 aromatic rings. The van der Waals surface area contributed by atoms with Crippen molar-refractivity contribution >= 4 is 15.8 Å². The van der Waals surface area contributed by atoms with Gasteiger partial charge in [-0.15, -0.1) is 0 Å². The second-order valence-electron chi connectivity index (χ2n) is 6.60. The van der Waals surface area contributed by atoms with Gasteiger partial charge in [0.05, 0.1) is 10.6 Å². The van der Waals surface area contributed by atoms with Gasteiger partial charge >= 0.3 is 0 Å². The van der Waals surface area contributed by atoms with E-state index in [4.69, 9.17) is 5.14 Å². The Bertz CT molecular complexity index is 1150. The summed E-state index contributed by atoms with van der Waals surface area (Å²) in [5, 5.41) is 5.19. The Labute approximate surface area is 163 Å². The molecule has 3 rings (SSSR count). The van der Waals surface area contributed by atoms with Crippen LogP contribution in [-0.4, -0.2) is 18.8 Å². The molecule has 0 saturated carbocycles. The van der Waals surface area contributed by atoms with Gasteiger partial charge in [0.25, 0.3) is 0 Å². The highest BCUT2D eigenvalue weighted by Gasteiger charge is 2.25. The molecule has 2 aromatic carbocycles. The molecule has 1 heterocycles. The van der Waals surface area contributed by atoms with Crippen LogP contribution >= 0.6 is 0 Å². The van der Waals surface area contributed by atoms with E-state index in [9.17, 15) is 17.6 Å². The van der Waals surface area contributed by atoms with Crippen LogP contribution in [0.5, 0.6) is 0 Å². The smallest absolute Gasteiger partial charge is 0.238 e. The first-order chi connectivity index (χ1) is 13.1. The van der Waals surface area contributed by atoms with Crippen LogP contribution in [0.2, 0.25) is 0 Å². The molecule has 0 spiro atoms. The number of aromatic nitrogens is 1. The number of nitrogens with zero attached hydrogens (tertiary/aromatic N) is 1. The summed E-state index contributed by atoms with van der Waals surface area (Å²) < 4.78 is 38.4. The number of nitrogens with two attached hydrogens (primary N) is 1. The van der Waals surface area contributed by atoms with E-state index in [-0.39, 0.29) is 16.5 Å². The van der Waals surface area contributed by atoms with Gasteiger partial charge in [-0.1, -0.05) is 31.2 Å². The minimum atomic E-state index is -3.82. The fourth-order valence-corrected chi connectivity index (χ4v) is 3.87. The first-order valence-electron chi connectivity index (χ1n) is 8.76. The van der Waals surface area contributed by atoms with Crippen LogP contribution in [0, 0.1) is 12.7 Å². The van der Waals surface area contributed by atoms with Crippen molar-refractivity contribution in [1.82, 2.24) is 4.57 Å². The van der Waals surface area contributed by atoms with Crippen LogP contribution in [0.25, 0.3) is 22.3 Å². The number of benzene rings is 2. The number of hydrogen-bond acceptors (Lipinski definition) is 3. The molecule has 28 heavy (non-hydrogen) atoms. The Balaban J connectivity index is 2.32. The lowest BCUT2D eigenvalue weighted by molar-refractivity contribution is 0.0981. The van der Waals surface area contributed by atoms with Crippen molar-refractivity contribution in [1.29, 1.82) is 0 Å². The number of hydrogen-bond donors (Lipinski definition) is 1. The topological polar surface area (TPSA) is 82.2 Å². The molecule has 0 aliphatic rings. The number of carbonyl (C=O) groups excluding carboxylic acids is 1. The van der Waals surface area contributed by atoms with Crippen LogP contribution in [0.1, 0.15) is 29.5 Å². The highest BCUT2D eigenvalue weighted by molar-refractivity contribution is 7.89. The molecule has 0 atom stereocenters. The van der Waals surface area contributed by atoms with Crippen molar-refractivity contribution in [2.45, 2.75) is 25.2 Å². The molecule has 0 aliphatic carbocycles. The van der Waals surface area contributed by atoms with E-state index < -0.39 is 10.0 Å². The standard InChI is InChI=1S/C21H21FN2O3S/c1-4-18(25)21-20(15-7-11-17(12-8-15)28(23,26)27)19(13(2)24(21)3)14-5-9-16(22)10-6-14/h5-12H,4H2,1-3H3,(H2,23,26,27). The van der Waals surface area contributed by atoms with Gasteiger partial charge in [-0.05, 0) is 42.3 Å². The molecule has 0 aliphatic heterocycles. The van der Waals surface area contributed by atoms with E-state index in [1.165, 1.54) is 24.3 Å². The molecule has 0 radical (unpaired) electrons. The zero-order chi connectivity index (χ0) is 20.6. The maximum atomic E-state index is 13.4. The quantitative estimate of drug-likeness (QED) is 0.656. The van der Waals surface area contributed by atoms with Gasteiger partial charge in [0.15, 0.2) is 5.78 Å². The SMILES string of the molecule is CCC(=O)c1c(-c2ccc(S(N)(=O)=O)cc2)c(-c2ccc(F)cc2)c(C)n1C. The van der Waals surface area contributed by atoms with Gasteiger partial charge in [-0.3, -0.25) is 4.79 Å². The van der Waals surface area contributed by atoms with Crippen molar-refractivity contribution in [2.24, 2.45) is 12.2 Å². The van der Waals surface area contributed by atoms with Gasteiger partial charge in [0.2, 0.25) is 10.0 Å². The fraction of sp³-hybridized carbons (Fsp3) is 0.190. The maximum Gasteiger partial charge on any atom is 0.238 e. The van der Waals surface area contributed by atoms with E-state index in [0.717, 1.165) is 16.8 Å². The number of ketones is 1. The van der Waals surface area contributed by atoms with Gasteiger partial charge in [0.1, 0.15) is 5.82 Å². The van der Waals surface area contributed by atoms with Crippen molar-refractivity contribution in [2.75, 3.05) is 0 Å². The van der Waals surface area contributed by atoms with E-state index in [1.54, 1.807) is 31.2 Å². The lowest BCUT2D eigenvalue weighted by Crippen LogP contribution is -2.11. The predicted octanol–water partition coefficient (Wildman–Crippen LogP) is 4.05. The molecule has 0 amide bonds. The van der Waals surface area contributed by atoms with Gasteiger partial charge in [-0.2, -0.15) is 0 Å². The molecule has 0 unspecified atom stereocenters. The molecule has 7 heteroatoms. The zero-order valence-electron chi connectivity index (χ0n) is 15.9. The third-order valence-electron chi connectivity index (χ3n) is 4.88. The Morgan fingerprint density at radius 1 is 1.00 bits per heavy atom. The number of rotatable bonds is 5. The Morgan fingerprint density at radius 3 is 2.00 bits per heavy atom.